The molecule has 2 nitrogen and oxygen atoms in total. The molecule has 0 spiro atoms. The highest BCUT2D eigenvalue weighted by Crippen LogP contribution is 2.41. The number of hydrogen-bond acceptors (Lipinski definition) is 2. The molecular formula is C28H40O2. The number of hydrogen-bond donors (Lipinski definition) is 0. The van der Waals surface area contributed by atoms with Crippen molar-refractivity contribution < 1.29 is 9.47 Å². The van der Waals surface area contributed by atoms with Gasteiger partial charge in [-0.05, 0) is 60.8 Å². The maximum Gasteiger partial charge on any atom is 0.201 e. The zero-order valence-electron chi connectivity index (χ0n) is 19.9. The van der Waals surface area contributed by atoms with E-state index in [1.807, 2.05) is 13.0 Å². The van der Waals surface area contributed by atoms with E-state index in [1.165, 1.54) is 11.1 Å². The van der Waals surface area contributed by atoms with Gasteiger partial charge in [0, 0.05) is 6.42 Å². The van der Waals surface area contributed by atoms with E-state index in [2.05, 4.69) is 102 Å². The lowest BCUT2D eigenvalue weighted by Crippen LogP contribution is -2.37. The van der Waals surface area contributed by atoms with Crippen molar-refractivity contribution in [3.63, 3.8) is 0 Å². The van der Waals surface area contributed by atoms with Crippen molar-refractivity contribution in [3.05, 3.63) is 77.9 Å². The molecule has 0 heterocycles. The number of allylic oxidation sites excluding steroid dienone is 2. The third kappa shape index (κ3) is 6.74. The van der Waals surface area contributed by atoms with Crippen LogP contribution in [0.25, 0.3) is 0 Å². The number of ether oxygens (including phenoxy) is 2. The molecule has 0 saturated carbocycles. The Morgan fingerprint density at radius 1 is 0.867 bits per heavy atom. The van der Waals surface area contributed by atoms with E-state index in [0.717, 1.165) is 18.6 Å². The van der Waals surface area contributed by atoms with Gasteiger partial charge in [-0.2, -0.15) is 0 Å². The summed E-state index contributed by atoms with van der Waals surface area (Å²) in [5.74, 6) is 1.92. The third-order valence-electron chi connectivity index (χ3n) is 6.65. The predicted octanol–water partition coefficient (Wildman–Crippen LogP) is 8.00. The quantitative estimate of drug-likeness (QED) is 0.277. The fourth-order valence-electron chi connectivity index (χ4n) is 3.75. The first-order chi connectivity index (χ1) is 14.3. The van der Waals surface area contributed by atoms with Gasteiger partial charge in [-0.1, -0.05) is 89.2 Å². The number of rotatable bonds is 11. The Kier molecular flexibility index (Phi) is 9.17. The second-order valence-electron chi connectivity index (χ2n) is 9.17. The van der Waals surface area contributed by atoms with Gasteiger partial charge in [0.25, 0.3) is 0 Å². The fourth-order valence-corrected chi connectivity index (χ4v) is 3.75. The Morgan fingerprint density at radius 3 is 2.00 bits per heavy atom. The van der Waals surface area contributed by atoms with Crippen molar-refractivity contribution in [1.82, 2.24) is 0 Å². The summed E-state index contributed by atoms with van der Waals surface area (Å²) in [4.78, 5) is 0. The molecule has 2 aromatic carbocycles. The molecule has 0 aliphatic rings. The molecule has 0 aromatic heterocycles. The maximum absolute atomic E-state index is 6.50. The number of benzene rings is 2. The topological polar surface area (TPSA) is 18.5 Å². The molecule has 2 atom stereocenters. The summed E-state index contributed by atoms with van der Waals surface area (Å²) in [6, 6.07) is 18.8. The van der Waals surface area contributed by atoms with Crippen molar-refractivity contribution >= 4 is 0 Å². The first-order valence-electron chi connectivity index (χ1n) is 11.3. The summed E-state index contributed by atoms with van der Waals surface area (Å²) in [5.41, 5.74) is 2.57. The zero-order chi connectivity index (χ0) is 22.1. The van der Waals surface area contributed by atoms with E-state index in [-0.39, 0.29) is 17.8 Å². The molecule has 0 fully saturated rings. The Bertz CT molecular complexity index is 751. The summed E-state index contributed by atoms with van der Waals surface area (Å²) >= 11 is 0. The van der Waals surface area contributed by atoms with Crippen LogP contribution in [0.3, 0.4) is 0 Å². The molecule has 2 unspecified atom stereocenters. The van der Waals surface area contributed by atoms with Crippen LogP contribution in [-0.4, -0.2) is 6.29 Å². The van der Waals surface area contributed by atoms with E-state index in [0.29, 0.717) is 11.8 Å². The monoisotopic (exact) mass is 408 g/mol. The first-order valence-corrected chi connectivity index (χ1v) is 11.3. The van der Waals surface area contributed by atoms with Crippen LogP contribution >= 0.6 is 0 Å². The van der Waals surface area contributed by atoms with Crippen LogP contribution in [0.4, 0.5) is 0 Å². The minimum absolute atomic E-state index is 0.0336. The Hall–Kier alpha value is -2.06. The van der Waals surface area contributed by atoms with E-state index in [1.54, 1.807) is 0 Å². The third-order valence-corrected chi connectivity index (χ3v) is 6.65. The summed E-state index contributed by atoms with van der Waals surface area (Å²) in [7, 11) is 0. The predicted molar refractivity (Wildman–Crippen MR) is 128 cm³/mol. The fraction of sp³-hybridized carbons (Fsp3) is 0.500. The highest BCUT2D eigenvalue weighted by molar-refractivity contribution is 5.28. The maximum atomic E-state index is 6.50. The minimum atomic E-state index is -0.309. The van der Waals surface area contributed by atoms with Crippen LogP contribution in [0, 0.1) is 17.3 Å². The van der Waals surface area contributed by atoms with Gasteiger partial charge in [-0.3, -0.25) is 0 Å². The van der Waals surface area contributed by atoms with Crippen LogP contribution in [0.15, 0.2) is 66.7 Å². The second kappa shape index (κ2) is 11.4. The molecule has 0 radical (unpaired) electrons. The molecule has 0 bridgehead atoms. The lowest BCUT2D eigenvalue weighted by atomic mass is 9.68. The lowest BCUT2D eigenvalue weighted by Gasteiger charge is -2.40. The SMILES string of the molecule is C/C=C\Cc1ccc(OC(CC(C)(C(C)C)C(C)C)OC(C)c2ccccc2)cc1. The van der Waals surface area contributed by atoms with Crippen LogP contribution in [0.2, 0.25) is 0 Å². The molecule has 30 heavy (non-hydrogen) atoms. The molecule has 2 rings (SSSR count). The van der Waals surface area contributed by atoms with Crippen LogP contribution in [0.1, 0.15) is 72.1 Å². The van der Waals surface area contributed by atoms with Gasteiger partial charge in [0.2, 0.25) is 6.29 Å². The highest BCUT2D eigenvalue weighted by Gasteiger charge is 2.36. The highest BCUT2D eigenvalue weighted by atomic mass is 16.7. The van der Waals surface area contributed by atoms with Gasteiger partial charge in [-0.15, -0.1) is 0 Å². The molecule has 164 valence electrons. The normalized spacial score (nSPS) is 14.4. The first kappa shape index (κ1) is 24.2. The Balaban J connectivity index is 2.21. The summed E-state index contributed by atoms with van der Waals surface area (Å²) < 4.78 is 12.9. The standard InChI is InChI=1S/C28H40O2/c1-8-9-13-24-16-18-26(19-17-24)30-27(20-28(7,21(2)3)22(4)5)29-23(6)25-14-11-10-12-15-25/h8-12,14-19,21-23,27H,13,20H2,1-7H3/b9-8-. The molecule has 0 aliphatic heterocycles. The second-order valence-corrected chi connectivity index (χ2v) is 9.17. The van der Waals surface area contributed by atoms with E-state index in [4.69, 9.17) is 9.47 Å². The van der Waals surface area contributed by atoms with E-state index in [9.17, 15) is 0 Å². The molecule has 0 amide bonds. The summed E-state index contributed by atoms with van der Waals surface area (Å²) in [6.07, 6.45) is 5.70. The lowest BCUT2D eigenvalue weighted by molar-refractivity contribution is -0.144. The molecule has 2 aromatic rings. The van der Waals surface area contributed by atoms with Gasteiger partial charge in [0.1, 0.15) is 5.75 Å². The van der Waals surface area contributed by atoms with Crippen molar-refractivity contribution in [2.75, 3.05) is 0 Å². The smallest absolute Gasteiger partial charge is 0.201 e. The van der Waals surface area contributed by atoms with Gasteiger partial charge in [0.15, 0.2) is 0 Å². The average Bonchev–Trinajstić information content (AvgIpc) is 2.73. The van der Waals surface area contributed by atoms with Gasteiger partial charge < -0.3 is 9.47 Å². The molecule has 2 heteroatoms. The molecule has 0 aliphatic carbocycles. The molecule has 0 N–H and O–H groups in total. The van der Waals surface area contributed by atoms with Crippen molar-refractivity contribution in [2.24, 2.45) is 17.3 Å². The zero-order valence-corrected chi connectivity index (χ0v) is 19.9. The Morgan fingerprint density at radius 2 is 1.47 bits per heavy atom. The van der Waals surface area contributed by atoms with Crippen LogP contribution < -0.4 is 4.74 Å². The molecule has 0 saturated heterocycles. The average molecular weight is 409 g/mol. The molecular weight excluding hydrogens is 368 g/mol. The minimum Gasteiger partial charge on any atom is -0.465 e. The summed E-state index contributed by atoms with van der Waals surface area (Å²) in [5, 5.41) is 0. The van der Waals surface area contributed by atoms with Crippen molar-refractivity contribution in [2.45, 2.75) is 73.7 Å². The largest absolute Gasteiger partial charge is 0.465 e. The van der Waals surface area contributed by atoms with Crippen LogP contribution in [-0.2, 0) is 11.2 Å². The van der Waals surface area contributed by atoms with Gasteiger partial charge in [0.05, 0.1) is 6.10 Å². The Labute approximate surface area is 184 Å². The van der Waals surface area contributed by atoms with E-state index < -0.39 is 0 Å². The van der Waals surface area contributed by atoms with E-state index >= 15 is 0 Å². The van der Waals surface area contributed by atoms with Crippen LogP contribution in [0.5, 0.6) is 5.75 Å². The van der Waals surface area contributed by atoms with Crippen molar-refractivity contribution in [3.8, 4) is 5.75 Å². The van der Waals surface area contributed by atoms with Gasteiger partial charge in [-0.25, -0.2) is 0 Å². The summed E-state index contributed by atoms with van der Waals surface area (Å²) in [6.45, 7) is 15.7. The van der Waals surface area contributed by atoms with Crippen molar-refractivity contribution in [1.29, 1.82) is 0 Å². The van der Waals surface area contributed by atoms with Gasteiger partial charge >= 0.3 is 0 Å².